The molecule has 34 heavy (non-hydrogen) atoms. The van der Waals surface area contributed by atoms with Crippen molar-refractivity contribution in [1.82, 2.24) is 9.21 Å². The number of aryl methyl sites for hydroxylation is 2. The summed E-state index contributed by atoms with van der Waals surface area (Å²) < 4.78 is 32.9. The third-order valence-corrected chi connectivity index (χ3v) is 8.18. The Bertz CT molecular complexity index is 1420. The van der Waals surface area contributed by atoms with Crippen molar-refractivity contribution in [1.29, 1.82) is 0 Å². The second-order valence-corrected chi connectivity index (χ2v) is 10.2. The van der Waals surface area contributed by atoms with Crippen LogP contribution in [0.1, 0.15) is 23.6 Å². The third-order valence-electron chi connectivity index (χ3n) is 6.14. The first-order chi connectivity index (χ1) is 16.1. The van der Waals surface area contributed by atoms with Gasteiger partial charge < -0.3 is 9.52 Å². The minimum atomic E-state index is -3.89. The first-order valence-corrected chi connectivity index (χ1v) is 12.3. The highest BCUT2D eigenvalue weighted by molar-refractivity contribution is 7.89. The Labute approximate surface area is 196 Å². The van der Waals surface area contributed by atoms with Crippen LogP contribution in [-0.4, -0.2) is 53.8 Å². The van der Waals surface area contributed by atoms with Gasteiger partial charge in [-0.2, -0.15) is 4.31 Å². The van der Waals surface area contributed by atoms with Gasteiger partial charge in [-0.1, -0.05) is 13.0 Å². The Morgan fingerprint density at radius 1 is 1.09 bits per heavy atom. The summed E-state index contributed by atoms with van der Waals surface area (Å²) in [5.74, 6) is 0.0746. The van der Waals surface area contributed by atoms with Crippen molar-refractivity contribution in [3.63, 3.8) is 0 Å². The number of non-ortho nitro benzene ring substituents is 1. The molecule has 0 spiro atoms. The van der Waals surface area contributed by atoms with E-state index >= 15 is 0 Å². The quantitative estimate of drug-likeness (QED) is 0.319. The van der Waals surface area contributed by atoms with Gasteiger partial charge >= 0.3 is 5.63 Å². The smallest absolute Gasteiger partial charge is 0.336 e. The van der Waals surface area contributed by atoms with E-state index in [9.17, 15) is 28.4 Å². The summed E-state index contributed by atoms with van der Waals surface area (Å²) in [5, 5.41) is 21.9. The van der Waals surface area contributed by atoms with Crippen LogP contribution < -0.4 is 5.63 Å². The number of fused-ring (bicyclic) bond motifs is 1. The molecule has 180 valence electrons. The molecule has 10 nitrogen and oxygen atoms in total. The highest BCUT2D eigenvalue weighted by atomic mass is 32.2. The number of hydrogen-bond donors (Lipinski definition) is 1. The van der Waals surface area contributed by atoms with E-state index in [2.05, 4.69) is 0 Å². The van der Waals surface area contributed by atoms with Crippen LogP contribution in [0.3, 0.4) is 0 Å². The van der Waals surface area contributed by atoms with Gasteiger partial charge in [0.1, 0.15) is 11.3 Å². The number of phenolic OH excluding ortho intramolecular Hbond substituents is 1. The van der Waals surface area contributed by atoms with E-state index in [0.29, 0.717) is 37.2 Å². The lowest BCUT2D eigenvalue weighted by molar-refractivity contribution is -0.385. The molecule has 2 aromatic carbocycles. The minimum Gasteiger partial charge on any atom is -0.508 e. The molecule has 0 atom stereocenters. The highest BCUT2D eigenvalue weighted by Crippen LogP contribution is 2.29. The third kappa shape index (κ3) is 4.54. The Balaban J connectivity index is 1.54. The van der Waals surface area contributed by atoms with Crippen LogP contribution in [0.5, 0.6) is 5.75 Å². The van der Waals surface area contributed by atoms with Crippen molar-refractivity contribution in [2.75, 3.05) is 26.2 Å². The Hall–Kier alpha value is -3.28. The predicted molar refractivity (Wildman–Crippen MR) is 125 cm³/mol. The molecule has 0 amide bonds. The molecule has 1 aliphatic heterocycles. The van der Waals surface area contributed by atoms with Gasteiger partial charge in [-0.05, 0) is 36.1 Å². The Morgan fingerprint density at radius 3 is 2.44 bits per heavy atom. The second-order valence-electron chi connectivity index (χ2n) is 8.31. The fraction of sp³-hybridized carbons (Fsp3) is 0.348. The number of nitro groups is 1. The minimum absolute atomic E-state index is 0.0614. The largest absolute Gasteiger partial charge is 0.508 e. The molecule has 2 heterocycles. The normalized spacial score (nSPS) is 15.6. The fourth-order valence-corrected chi connectivity index (χ4v) is 5.88. The van der Waals surface area contributed by atoms with Crippen molar-refractivity contribution >= 4 is 26.7 Å². The van der Waals surface area contributed by atoms with Crippen molar-refractivity contribution in [2.24, 2.45) is 0 Å². The average molecular weight is 488 g/mol. The zero-order chi connectivity index (χ0) is 24.6. The molecule has 1 N–H and O–H groups in total. The van der Waals surface area contributed by atoms with E-state index in [0.717, 1.165) is 22.6 Å². The highest BCUT2D eigenvalue weighted by Gasteiger charge is 2.31. The summed E-state index contributed by atoms with van der Waals surface area (Å²) in [6, 6.07) is 8.52. The number of benzene rings is 2. The molecular formula is C23H25N3O7S. The summed E-state index contributed by atoms with van der Waals surface area (Å²) in [6.07, 6.45) is 0.619. The zero-order valence-electron chi connectivity index (χ0n) is 18.9. The summed E-state index contributed by atoms with van der Waals surface area (Å²) in [5.41, 5.74) is 1.45. The number of aromatic hydroxyl groups is 1. The number of nitro benzene ring substituents is 1. The molecule has 0 aliphatic carbocycles. The van der Waals surface area contributed by atoms with Crippen LogP contribution in [0.2, 0.25) is 0 Å². The summed E-state index contributed by atoms with van der Waals surface area (Å²) in [7, 11) is -3.89. The topological polar surface area (TPSA) is 134 Å². The molecule has 3 aromatic rings. The van der Waals surface area contributed by atoms with Crippen LogP contribution in [0, 0.1) is 17.0 Å². The lowest BCUT2D eigenvalue weighted by Crippen LogP contribution is -2.48. The predicted octanol–water partition coefficient (Wildman–Crippen LogP) is 2.78. The molecule has 0 saturated carbocycles. The van der Waals surface area contributed by atoms with E-state index < -0.39 is 20.6 Å². The van der Waals surface area contributed by atoms with Crippen molar-refractivity contribution in [2.45, 2.75) is 31.7 Å². The molecule has 1 saturated heterocycles. The summed E-state index contributed by atoms with van der Waals surface area (Å²) >= 11 is 0. The van der Waals surface area contributed by atoms with E-state index in [1.807, 2.05) is 17.9 Å². The monoisotopic (exact) mass is 487 g/mol. The fourth-order valence-electron chi connectivity index (χ4n) is 4.21. The van der Waals surface area contributed by atoms with Crippen molar-refractivity contribution < 1.29 is 22.9 Å². The second kappa shape index (κ2) is 9.16. The maximum Gasteiger partial charge on any atom is 0.336 e. The summed E-state index contributed by atoms with van der Waals surface area (Å²) in [4.78, 5) is 24.5. The van der Waals surface area contributed by atoms with Gasteiger partial charge in [-0.25, -0.2) is 13.2 Å². The Kier molecular flexibility index (Phi) is 6.43. The van der Waals surface area contributed by atoms with Gasteiger partial charge in [-0.15, -0.1) is 0 Å². The molecule has 1 aliphatic rings. The molecule has 0 bridgehead atoms. The number of sulfonamides is 1. The number of piperazine rings is 1. The Morgan fingerprint density at radius 2 is 1.79 bits per heavy atom. The van der Waals surface area contributed by atoms with Gasteiger partial charge in [-0.3, -0.25) is 15.0 Å². The van der Waals surface area contributed by atoms with Gasteiger partial charge in [0.05, 0.1) is 9.82 Å². The maximum absolute atomic E-state index is 13.2. The van der Waals surface area contributed by atoms with Crippen LogP contribution in [0.15, 0.2) is 50.5 Å². The van der Waals surface area contributed by atoms with Gasteiger partial charge in [0.15, 0.2) is 0 Å². The lowest BCUT2D eigenvalue weighted by atomic mass is 10.0. The number of phenols is 1. The first kappa shape index (κ1) is 23.9. The standard InChI is InChI=1S/C23H25N3O7S/c1-3-16-10-19-17(11-23(28)33-21(19)13-20(16)27)14-24-6-8-25(9-7-24)34(31,32)22-12-18(26(29)30)5-4-15(22)2/h4-5,10-13,27H,3,6-9,14H2,1-2H3. The van der Waals surface area contributed by atoms with Crippen LogP contribution in [0.25, 0.3) is 11.0 Å². The van der Waals surface area contributed by atoms with Gasteiger partial charge in [0.25, 0.3) is 5.69 Å². The SMILES string of the molecule is CCc1cc2c(CN3CCN(S(=O)(=O)c4cc([N+](=O)[O-])ccc4C)CC3)cc(=O)oc2cc1O. The van der Waals surface area contributed by atoms with Gasteiger partial charge in [0.2, 0.25) is 10.0 Å². The number of rotatable bonds is 6. The zero-order valence-corrected chi connectivity index (χ0v) is 19.7. The number of nitrogens with zero attached hydrogens (tertiary/aromatic N) is 3. The van der Waals surface area contributed by atoms with E-state index in [1.54, 1.807) is 6.92 Å². The van der Waals surface area contributed by atoms with Gasteiger partial charge in [0, 0.05) is 62.4 Å². The molecule has 4 rings (SSSR count). The average Bonchev–Trinajstić information content (AvgIpc) is 2.79. The van der Waals surface area contributed by atoms with Crippen LogP contribution in [0.4, 0.5) is 5.69 Å². The summed E-state index contributed by atoms with van der Waals surface area (Å²) in [6.45, 7) is 5.22. The van der Waals surface area contributed by atoms with E-state index in [-0.39, 0.29) is 29.4 Å². The van der Waals surface area contributed by atoms with E-state index in [4.69, 9.17) is 4.42 Å². The number of hydrogen-bond acceptors (Lipinski definition) is 8. The lowest BCUT2D eigenvalue weighted by Gasteiger charge is -2.34. The molecule has 1 aromatic heterocycles. The molecule has 0 unspecified atom stereocenters. The van der Waals surface area contributed by atoms with Crippen LogP contribution >= 0.6 is 0 Å². The molecular weight excluding hydrogens is 462 g/mol. The van der Waals surface area contributed by atoms with Crippen molar-refractivity contribution in [3.8, 4) is 5.75 Å². The first-order valence-electron chi connectivity index (χ1n) is 10.9. The van der Waals surface area contributed by atoms with Crippen molar-refractivity contribution in [3.05, 3.63) is 73.6 Å². The maximum atomic E-state index is 13.2. The van der Waals surface area contributed by atoms with E-state index in [1.165, 1.54) is 28.6 Å². The molecule has 11 heteroatoms. The van der Waals surface area contributed by atoms with Crippen LogP contribution in [-0.2, 0) is 23.0 Å². The molecule has 1 fully saturated rings. The molecule has 0 radical (unpaired) electrons.